The van der Waals surface area contributed by atoms with Crippen LogP contribution in [-0.2, 0) is 23.9 Å². The molecule has 1 heterocycles. The number of ether oxygens (including phenoxy) is 2. The first-order chi connectivity index (χ1) is 23.6. The molecule has 0 bridgehead atoms. The topological polar surface area (TPSA) is 274 Å². The number of carbonyl (C=O) groups excluding carboxylic acids is 3. The number of hydrogen-bond donors (Lipinski definition) is 6. The van der Waals surface area contributed by atoms with Gasteiger partial charge in [0.15, 0.2) is 0 Å². The number of rotatable bonds is 18. The fourth-order valence-corrected chi connectivity index (χ4v) is 5.39. The maximum Gasteiger partial charge on any atom is 0.396 e. The molecule has 49 heavy (non-hydrogen) atoms. The van der Waals surface area contributed by atoms with E-state index in [2.05, 4.69) is 47.3 Å². The maximum atomic E-state index is 13.3. The summed E-state index contributed by atoms with van der Waals surface area (Å²) in [5.74, 6) is -3.34. The van der Waals surface area contributed by atoms with E-state index in [1.807, 2.05) is 37.3 Å². The highest BCUT2D eigenvalue weighted by Crippen LogP contribution is 2.35. The Morgan fingerprint density at radius 3 is 2.39 bits per heavy atom. The molecule has 6 atom stereocenters. The van der Waals surface area contributed by atoms with E-state index in [0.717, 1.165) is 16.9 Å². The molecule has 0 radical (unpaired) electrons. The van der Waals surface area contributed by atoms with Crippen LogP contribution in [-0.4, -0.2) is 94.0 Å². The van der Waals surface area contributed by atoms with Gasteiger partial charge in [-0.2, -0.15) is 17.3 Å². The van der Waals surface area contributed by atoms with E-state index in [9.17, 15) is 29.7 Å². The minimum absolute atomic E-state index is 0.0576. The lowest BCUT2D eigenvalue weighted by molar-refractivity contribution is -0.312. The quantitative estimate of drug-likeness (QED) is 0.0750. The number of benzene rings is 2. The highest BCUT2D eigenvalue weighted by atomic mass is 32.2. The molecule has 2 aromatic rings. The van der Waals surface area contributed by atoms with Crippen LogP contribution in [0.3, 0.4) is 0 Å². The molecule has 1 aliphatic heterocycles. The van der Waals surface area contributed by atoms with Gasteiger partial charge >= 0.3 is 5.97 Å². The van der Waals surface area contributed by atoms with Crippen LogP contribution < -0.4 is 10.6 Å². The van der Waals surface area contributed by atoms with Crippen LogP contribution in [0, 0.1) is 5.53 Å². The van der Waals surface area contributed by atoms with Crippen LogP contribution in [0.1, 0.15) is 37.0 Å². The molecule has 0 aromatic heterocycles. The second-order valence-electron chi connectivity index (χ2n) is 10.5. The van der Waals surface area contributed by atoms with E-state index in [1.165, 1.54) is 6.92 Å². The zero-order chi connectivity index (χ0) is 35.6. The predicted octanol–water partition coefficient (Wildman–Crippen LogP) is 2.91. The fraction of sp³-hybridized carbons (Fsp3) is 0.483. The second kappa shape index (κ2) is 20.0. The number of nitrogens with one attached hydrogen (secondary N) is 3. The van der Waals surface area contributed by atoms with Crippen molar-refractivity contribution in [3.63, 3.8) is 0 Å². The minimum Gasteiger partial charge on any atom is -0.391 e. The molecule has 2 aromatic carbocycles. The lowest BCUT2D eigenvalue weighted by atomic mass is 9.88. The molecule has 20 heteroatoms. The Morgan fingerprint density at radius 2 is 1.71 bits per heavy atom. The smallest absolute Gasteiger partial charge is 0.391 e. The molecule has 0 saturated carbocycles. The van der Waals surface area contributed by atoms with Gasteiger partial charge in [-0.3, -0.25) is 14.4 Å². The van der Waals surface area contributed by atoms with Crippen LogP contribution in [0.5, 0.6) is 0 Å². The fourth-order valence-electron chi connectivity index (χ4n) is 4.78. The molecule has 19 nitrogen and oxygen atoms in total. The standard InChI is InChI=1S/C29H38N10O9S/c1-3-49-15-7-14-46-29(28(45)48-39-38-37-36-35-34-33-30)16-22(41)24(32-18(2)40)26(47-29)25(43)23(42)17-31-27(44)21-12-10-20(11-13-21)19-8-5-4-6-9-19/h4-6,8-13,22-26,30,41-43H,3,7,14-17H2,1-2H3,(H,31,44)(H,32,40)/t22-,23+,24+,25+,26?,29+/m0/s1. The number of amides is 2. The molecule has 1 aliphatic rings. The van der Waals surface area contributed by atoms with Crippen LogP contribution in [0.4, 0.5) is 0 Å². The van der Waals surface area contributed by atoms with Crippen molar-refractivity contribution in [1.82, 2.24) is 10.6 Å². The van der Waals surface area contributed by atoms with Gasteiger partial charge in [0, 0.05) is 41.1 Å². The summed E-state index contributed by atoms with van der Waals surface area (Å²) in [6, 6.07) is 15.0. The molecule has 0 spiro atoms. The average Bonchev–Trinajstić information content (AvgIpc) is 3.10. The number of aliphatic hydroxyl groups is 3. The third-order valence-corrected chi connectivity index (χ3v) is 8.03. The zero-order valence-electron chi connectivity index (χ0n) is 26.7. The van der Waals surface area contributed by atoms with Crippen LogP contribution in [0.25, 0.3) is 11.1 Å². The summed E-state index contributed by atoms with van der Waals surface area (Å²) < 4.78 is 11.7. The normalized spacial score (nSPS) is 22.2. The van der Waals surface area contributed by atoms with Gasteiger partial charge in [-0.15, -0.1) is 0 Å². The zero-order valence-corrected chi connectivity index (χ0v) is 27.5. The van der Waals surface area contributed by atoms with Crippen molar-refractivity contribution in [2.45, 2.75) is 62.9 Å². The molecule has 3 rings (SSSR count). The first kappa shape index (κ1) is 38.8. The Labute approximate surface area is 285 Å². The van der Waals surface area contributed by atoms with Gasteiger partial charge in [-0.1, -0.05) is 49.4 Å². The van der Waals surface area contributed by atoms with Crippen LogP contribution in [0.2, 0.25) is 0 Å². The molecule has 0 aliphatic carbocycles. The van der Waals surface area contributed by atoms with Crippen molar-refractivity contribution in [2.24, 2.45) is 36.6 Å². The Morgan fingerprint density at radius 1 is 1.04 bits per heavy atom. The van der Waals surface area contributed by atoms with E-state index in [4.69, 9.17) is 19.8 Å². The molecule has 1 fully saturated rings. The molecular weight excluding hydrogens is 664 g/mol. The van der Waals surface area contributed by atoms with Gasteiger partial charge in [0.25, 0.3) is 11.7 Å². The highest BCUT2D eigenvalue weighted by molar-refractivity contribution is 7.99. The Bertz CT molecular complexity index is 1470. The van der Waals surface area contributed by atoms with Gasteiger partial charge < -0.3 is 35.4 Å². The predicted molar refractivity (Wildman–Crippen MR) is 171 cm³/mol. The summed E-state index contributed by atoms with van der Waals surface area (Å²) in [7, 11) is 0. The lowest BCUT2D eigenvalue weighted by Crippen LogP contribution is -2.68. The highest BCUT2D eigenvalue weighted by Gasteiger charge is 2.56. The van der Waals surface area contributed by atoms with Gasteiger partial charge in [0.05, 0.1) is 30.1 Å². The molecule has 2 amide bonds. The SMILES string of the molecule is CCSCCCO[C@]1(C(=O)ON=NN=NN=NN=N)C[C@H](O)[C@@H](NC(C)=O)C([C@H](O)[C@H](O)CNC(=O)c2ccc(-c3ccccc3)cc2)O1. The number of aliphatic hydroxyl groups excluding tert-OH is 3. The molecule has 1 unspecified atom stereocenters. The first-order valence-corrected chi connectivity index (χ1v) is 16.2. The summed E-state index contributed by atoms with van der Waals surface area (Å²) in [4.78, 5) is 43.0. The molecule has 6 N–H and O–H groups in total. The Kier molecular flexibility index (Phi) is 15.9. The largest absolute Gasteiger partial charge is 0.396 e. The summed E-state index contributed by atoms with van der Waals surface area (Å²) in [6.45, 7) is 2.61. The average molecular weight is 703 g/mol. The van der Waals surface area contributed by atoms with E-state index in [-0.39, 0.29) is 6.61 Å². The number of thioether (sulfide) groups is 1. The van der Waals surface area contributed by atoms with E-state index in [1.54, 1.807) is 36.0 Å². The summed E-state index contributed by atoms with van der Waals surface area (Å²) in [5, 5.41) is 59.0. The molecular formula is C29H38N10O9S. The minimum atomic E-state index is -2.39. The second-order valence-corrected chi connectivity index (χ2v) is 11.8. The van der Waals surface area contributed by atoms with Crippen molar-refractivity contribution in [3.8, 4) is 11.1 Å². The monoisotopic (exact) mass is 702 g/mol. The van der Waals surface area contributed by atoms with E-state index < -0.39 is 67.0 Å². The van der Waals surface area contributed by atoms with Crippen LogP contribution >= 0.6 is 11.8 Å². The van der Waals surface area contributed by atoms with Crippen molar-refractivity contribution in [3.05, 3.63) is 60.2 Å². The summed E-state index contributed by atoms with van der Waals surface area (Å²) >= 11 is 1.62. The third-order valence-electron chi connectivity index (χ3n) is 7.05. The lowest BCUT2D eigenvalue weighted by Gasteiger charge is -2.46. The Hall–Kier alpha value is -4.60. The third kappa shape index (κ3) is 11.8. The number of hydrogen-bond acceptors (Lipinski definition) is 12. The first-order valence-electron chi connectivity index (χ1n) is 15.0. The van der Waals surface area contributed by atoms with Gasteiger partial charge in [-0.05, 0) is 56.9 Å². The van der Waals surface area contributed by atoms with Gasteiger partial charge in [0.2, 0.25) is 5.91 Å². The Balaban J connectivity index is 1.77. The van der Waals surface area contributed by atoms with Crippen molar-refractivity contribution in [1.29, 1.82) is 5.53 Å². The van der Waals surface area contributed by atoms with Crippen molar-refractivity contribution in [2.75, 3.05) is 24.7 Å². The van der Waals surface area contributed by atoms with E-state index in [0.29, 0.717) is 17.7 Å². The maximum absolute atomic E-state index is 13.3. The molecule has 1 saturated heterocycles. The number of carbonyl (C=O) groups is 3. The van der Waals surface area contributed by atoms with Crippen LogP contribution in [0.15, 0.2) is 91.2 Å². The van der Waals surface area contributed by atoms with Crippen molar-refractivity contribution < 1.29 is 44.0 Å². The molecule has 264 valence electrons. The van der Waals surface area contributed by atoms with Crippen molar-refractivity contribution >= 4 is 29.5 Å². The summed E-state index contributed by atoms with van der Waals surface area (Å²) in [6.07, 6.45) is -6.94. The van der Waals surface area contributed by atoms with E-state index >= 15 is 0 Å². The summed E-state index contributed by atoms with van der Waals surface area (Å²) in [5.41, 5.74) is 8.62. The van der Waals surface area contributed by atoms with Gasteiger partial charge in [0.1, 0.15) is 12.2 Å². The van der Waals surface area contributed by atoms with Gasteiger partial charge in [-0.25, -0.2) is 4.79 Å². The number of nitrogens with zero attached hydrogens (tertiary/aromatic N) is 7.